The number of carbonyl (C=O) groups excluding carboxylic acids is 2. The highest BCUT2D eigenvalue weighted by molar-refractivity contribution is 9.10. The molecule has 9 heteroatoms. The molecule has 1 unspecified atom stereocenters. The highest BCUT2D eigenvalue weighted by atomic mass is 79.9. The van der Waals surface area contributed by atoms with Crippen LogP contribution < -0.4 is 10.6 Å². The Morgan fingerprint density at radius 2 is 1.91 bits per heavy atom. The summed E-state index contributed by atoms with van der Waals surface area (Å²) in [5, 5.41) is 15.7. The van der Waals surface area contributed by atoms with Gasteiger partial charge in [-0.25, -0.2) is 0 Å². The molecule has 1 fully saturated rings. The normalized spacial score (nSPS) is 17.3. The Kier molecular flexibility index (Phi) is 8.03. The van der Waals surface area contributed by atoms with Crippen molar-refractivity contribution in [2.24, 2.45) is 0 Å². The second kappa shape index (κ2) is 11.2. The fourth-order valence-electron chi connectivity index (χ4n) is 4.78. The van der Waals surface area contributed by atoms with Crippen molar-refractivity contribution >= 4 is 39.2 Å². The number of amides is 2. The minimum absolute atomic E-state index is 0.0318. The second-order valence-corrected chi connectivity index (χ2v) is 9.82. The minimum Gasteiger partial charge on any atom is -0.376 e. The Labute approximate surface area is 208 Å². The number of anilines is 2. The number of nitriles is 1. The van der Waals surface area contributed by atoms with Crippen LogP contribution in [0, 0.1) is 11.3 Å². The minimum atomic E-state index is -0.254. The maximum atomic E-state index is 12.9. The third-order valence-corrected chi connectivity index (χ3v) is 7.02. The molecule has 2 N–H and O–H groups in total. The van der Waals surface area contributed by atoms with Crippen molar-refractivity contribution < 1.29 is 14.3 Å². The van der Waals surface area contributed by atoms with Crippen LogP contribution in [-0.2, 0) is 33.7 Å². The zero-order valence-corrected chi connectivity index (χ0v) is 21.0. The summed E-state index contributed by atoms with van der Waals surface area (Å²) in [6, 6.07) is 9.71. The number of halogens is 1. The molecule has 8 nitrogen and oxygen atoms in total. The Morgan fingerprint density at radius 3 is 2.62 bits per heavy atom. The molecule has 2 aliphatic rings. The summed E-state index contributed by atoms with van der Waals surface area (Å²) in [5.74, 6) is 0.106. The lowest BCUT2D eigenvalue weighted by atomic mass is 9.95. The number of hydrogen-bond donors (Lipinski definition) is 2. The van der Waals surface area contributed by atoms with E-state index in [0.717, 1.165) is 60.9 Å². The lowest BCUT2D eigenvalue weighted by molar-refractivity contribution is -0.119. The molecule has 1 aromatic carbocycles. The van der Waals surface area contributed by atoms with Crippen LogP contribution in [0.1, 0.15) is 42.5 Å². The number of nitrogens with one attached hydrogen (secondary N) is 2. The van der Waals surface area contributed by atoms with Gasteiger partial charge in [0, 0.05) is 16.8 Å². The van der Waals surface area contributed by atoms with Gasteiger partial charge >= 0.3 is 0 Å². The van der Waals surface area contributed by atoms with Gasteiger partial charge in [0.1, 0.15) is 11.9 Å². The monoisotopic (exact) mass is 527 g/mol. The summed E-state index contributed by atoms with van der Waals surface area (Å²) in [5.41, 5.74) is 3.45. The van der Waals surface area contributed by atoms with E-state index in [-0.39, 0.29) is 31.0 Å². The molecule has 1 aliphatic heterocycles. The lowest BCUT2D eigenvalue weighted by Crippen LogP contribution is -2.36. The van der Waals surface area contributed by atoms with Crippen molar-refractivity contribution in [3.8, 4) is 6.07 Å². The van der Waals surface area contributed by atoms with E-state index >= 15 is 0 Å². The number of hydrogen-bond acceptors (Lipinski definition) is 5. The number of carbonyl (C=O) groups is 2. The third-order valence-electron chi connectivity index (χ3n) is 6.33. The fraction of sp³-hybridized carbons (Fsp3) is 0.480. The first-order valence-corrected chi connectivity index (χ1v) is 12.5. The molecule has 0 radical (unpaired) electrons. The predicted octanol–water partition coefficient (Wildman–Crippen LogP) is 3.69. The van der Waals surface area contributed by atoms with Gasteiger partial charge in [0.2, 0.25) is 11.8 Å². The predicted molar refractivity (Wildman–Crippen MR) is 134 cm³/mol. The quantitative estimate of drug-likeness (QED) is 0.545. The van der Waals surface area contributed by atoms with Crippen LogP contribution in [0.4, 0.5) is 11.5 Å². The molecule has 2 aromatic rings. The van der Waals surface area contributed by atoms with Crippen molar-refractivity contribution in [1.82, 2.24) is 9.47 Å². The van der Waals surface area contributed by atoms with Crippen LogP contribution in [0.3, 0.4) is 0 Å². The molecule has 0 saturated carbocycles. The van der Waals surface area contributed by atoms with Gasteiger partial charge in [-0.05, 0) is 79.2 Å². The van der Waals surface area contributed by atoms with E-state index in [9.17, 15) is 14.9 Å². The van der Waals surface area contributed by atoms with Crippen molar-refractivity contribution in [3.63, 3.8) is 0 Å². The largest absolute Gasteiger partial charge is 0.376 e. The molecule has 0 bridgehead atoms. The zero-order valence-electron chi connectivity index (χ0n) is 19.4. The van der Waals surface area contributed by atoms with E-state index < -0.39 is 0 Å². The molecule has 180 valence electrons. The van der Waals surface area contributed by atoms with Gasteiger partial charge in [0.15, 0.2) is 0 Å². The van der Waals surface area contributed by atoms with Crippen LogP contribution in [0.5, 0.6) is 0 Å². The Hall–Kier alpha value is -2.67. The van der Waals surface area contributed by atoms with Crippen LogP contribution in [0.2, 0.25) is 0 Å². The molecule has 1 atom stereocenters. The van der Waals surface area contributed by atoms with Crippen molar-refractivity contribution in [1.29, 1.82) is 5.26 Å². The summed E-state index contributed by atoms with van der Waals surface area (Å²) in [6.07, 6.45) is 6.01. The summed E-state index contributed by atoms with van der Waals surface area (Å²) in [4.78, 5) is 27.0. The maximum Gasteiger partial charge on any atom is 0.239 e. The Morgan fingerprint density at radius 1 is 1.18 bits per heavy atom. The van der Waals surface area contributed by atoms with Gasteiger partial charge in [0.25, 0.3) is 0 Å². The number of ether oxygens (including phenoxy) is 1. The number of likely N-dealkylation sites (N-methyl/N-ethyl adjacent to an activating group) is 1. The fourth-order valence-corrected chi connectivity index (χ4v) is 5.17. The highest BCUT2D eigenvalue weighted by Gasteiger charge is 2.28. The molecule has 1 aliphatic carbocycles. The molecular formula is C25H30BrN5O3. The summed E-state index contributed by atoms with van der Waals surface area (Å²) >= 11 is 3.41. The average molecular weight is 528 g/mol. The molecular weight excluding hydrogens is 498 g/mol. The summed E-state index contributed by atoms with van der Waals surface area (Å²) < 4.78 is 8.74. The van der Waals surface area contributed by atoms with Gasteiger partial charge in [-0.1, -0.05) is 12.1 Å². The van der Waals surface area contributed by atoms with Crippen LogP contribution in [0.25, 0.3) is 0 Å². The van der Waals surface area contributed by atoms with Gasteiger partial charge in [0.05, 0.1) is 37.0 Å². The number of benzene rings is 1. The molecule has 1 saturated heterocycles. The first-order valence-electron chi connectivity index (χ1n) is 11.7. The zero-order chi connectivity index (χ0) is 24.1. The molecule has 4 rings (SSSR count). The number of aromatic nitrogens is 1. The van der Waals surface area contributed by atoms with E-state index in [1.165, 1.54) is 0 Å². The first-order chi connectivity index (χ1) is 16.5. The Balaban J connectivity index is 1.43. The van der Waals surface area contributed by atoms with Gasteiger partial charge in [-0.2, -0.15) is 5.26 Å². The SMILES string of the molecule is CN(CC(=O)Nc1ccccc1Br)CC(=O)Nc1c(C#N)c2c(n1CC1CCCO1)CCCC2. The smallest absolute Gasteiger partial charge is 0.239 e. The maximum absolute atomic E-state index is 12.9. The topological polar surface area (TPSA) is 99.4 Å². The molecule has 34 heavy (non-hydrogen) atoms. The number of nitrogens with zero attached hydrogens (tertiary/aromatic N) is 3. The van der Waals surface area contributed by atoms with Crippen molar-refractivity contribution in [2.45, 2.75) is 51.2 Å². The average Bonchev–Trinajstić information content (AvgIpc) is 3.42. The van der Waals surface area contributed by atoms with E-state index in [0.29, 0.717) is 23.6 Å². The molecule has 0 spiro atoms. The number of para-hydroxylation sites is 1. The number of fused-ring (bicyclic) bond motifs is 1. The molecule has 1 aromatic heterocycles. The van der Waals surface area contributed by atoms with E-state index in [1.807, 2.05) is 24.3 Å². The van der Waals surface area contributed by atoms with E-state index in [1.54, 1.807) is 11.9 Å². The van der Waals surface area contributed by atoms with Crippen molar-refractivity contribution in [3.05, 3.63) is 45.6 Å². The molecule has 2 heterocycles. The van der Waals surface area contributed by atoms with Gasteiger partial charge in [-0.3, -0.25) is 14.5 Å². The Bertz CT molecular complexity index is 1100. The van der Waals surface area contributed by atoms with E-state index in [4.69, 9.17) is 4.74 Å². The van der Waals surface area contributed by atoms with Gasteiger partial charge in [-0.15, -0.1) is 0 Å². The summed E-state index contributed by atoms with van der Waals surface area (Å²) in [6.45, 7) is 1.49. The van der Waals surface area contributed by atoms with Crippen LogP contribution in [0.15, 0.2) is 28.7 Å². The summed E-state index contributed by atoms with van der Waals surface area (Å²) in [7, 11) is 1.72. The highest BCUT2D eigenvalue weighted by Crippen LogP contribution is 2.34. The van der Waals surface area contributed by atoms with Crippen LogP contribution >= 0.6 is 15.9 Å². The second-order valence-electron chi connectivity index (χ2n) is 8.96. The van der Waals surface area contributed by atoms with Gasteiger partial charge < -0.3 is 19.9 Å². The molecule has 2 amide bonds. The van der Waals surface area contributed by atoms with E-state index in [2.05, 4.69) is 37.2 Å². The number of rotatable bonds is 8. The van der Waals surface area contributed by atoms with Crippen LogP contribution in [-0.4, -0.2) is 54.1 Å². The third kappa shape index (κ3) is 5.69. The first kappa shape index (κ1) is 24.5. The lowest BCUT2D eigenvalue weighted by Gasteiger charge is -2.20. The standard InChI is InChI=1S/C25H30BrN5O3/c1-30(15-23(32)28-21-10-4-3-9-20(21)26)16-24(33)29-25-19(13-27)18-8-2-5-11-22(18)31(25)14-17-7-6-12-34-17/h3-4,9-10,17H,2,5-8,11-12,14-16H2,1H3,(H,28,32)(H,29,33). The van der Waals surface area contributed by atoms with Crippen molar-refractivity contribution in [2.75, 3.05) is 37.4 Å².